The predicted molar refractivity (Wildman–Crippen MR) is 50.5 cm³/mol. The van der Waals surface area contributed by atoms with Crippen LogP contribution in [0.1, 0.15) is 6.92 Å². The summed E-state index contributed by atoms with van der Waals surface area (Å²) in [7, 11) is 1.41. The lowest BCUT2D eigenvalue weighted by atomic mass is 10.6. The lowest BCUT2D eigenvalue weighted by Gasteiger charge is -2.01. The van der Waals surface area contributed by atoms with Gasteiger partial charge in [0, 0.05) is 13.1 Å². The van der Waals surface area contributed by atoms with E-state index in [9.17, 15) is 13.6 Å². The fourth-order valence-electron chi connectivity index (χ4n) is 0.985. The molecule has 1 heterocycles. The molecule has 1 aromatic heterocycles. The molecule has 0 unspecified atom stereocenters. The highest BCUT2D eigenvalue weighted by molar-refractivity contribution is 5.83. The molecule has 8 heteroatoms. The molecule has 16 heavy (non-hydrogen) atoms. The van der Waals surface area contributed by atoms with Gasteiger partial charge >= 0.3 is 12.7 Å². The third-order valence-corrected chi connectivity index (χ3v) is 1.55. The van der Waals surface area contributed by atoms with Crippen molar-refractivity contribution in [1.82, 2.24) is 9.78 Å². The van der Waals surface area contributed by atoms with Gasteiger partial charge in [-0.2, -0.15) is 13.9 Å². The van der Waals surface area contributed by atoms with E-state index in [4.69, 9.17) is 0 Å². The number of alkyl halides is 2. The Morgan fingerprint density at radius 3 is 2.94 bits per heavy atom. The van der Waals surface area contributed by atoms with Crippen molar-refractivity contribution in [3.8, 4) is 5.88 Å². The summed E-state index contributed by atoms with van der Waals surface area (Å²) in [5.41, 5.74) is 0. The number of hydrogen-bond acceptors (Lipinski definition) is 4. The number of amides is 1. The molecule has 0 bridgehead atoms. The summed E-state index contributed by atoms with van der Waals surface area (Å²) in [4.78, 5) is 11.0. The SMILES string of the molecule is CCOC(=O)Nc1cc(OC(F)F)n(C)n1. The number of carbonyl (C=O) groups excluding carboxylic acids is 1. The molecule has 0 saturated carbocycles. The van der Waals surface area contributed by atoms with Crippen molar-refractivity contribution < 1.29 is 23.0 Å². The molecule has 0 spiro atoms. The van der Waals surface area contributed by atoms with Crippen molar-refractivity contribution in [2.45, 2.75) is 13.5 Å². The molecule has 0 aliphatic heterocycles. The summed E-state index contributed by atoms with van der Waals surface area (Å²) in [5, 5.41) is 5.99. The quantitative estimate of drug-likeness (QED) is 0.860. The van der Waals surface area contributed by atoms with E-state index in [1.165, 1.54) is 13.1 Å². The minimum atomic E-state index is -2.94. The van der Waals surface area contributed by atoms with E-state index >= 15 is 0 Å². The van der Waals surface area contributed by atoms with E-state index in [2.05, 4.69) is 19.9 Å². The first-order valence-electron chi connectivity index (χ1n) is 4.45. The van der Waals surface area contributed by atoms with Crippen molar-refractivity contribution in [1.29, 1.82) is 0 Å². The van der Waals surface area contributed by atoms with Gasteiger partial charge in [0.2, 0.25) is 5.88 Å². The molecule has 0 saturated heterocycles. The number of aryl methyl sites for hydroxylation is 1. The summed E-state index contributed by atoms with van der Waals surface area (Å²) >= 11 is 0. The third kappa shape index (κ3) is 3.37. The topological polar surface area (TPSA) is 65.4 Å². The van der Waals surface area contributed by atoms with Crippen LogP contribution in [0.4, 0.5) is 19.4 Å². The van der Waals surface area contributed by atoms with Gasteiger partial charge in [0.25, 0.3) is 0 Å². The van der Waals surface area contributed by atoms with Crippen molar-refractivity contribution in [2.24, 2.45) is 7.05 Å². The highest BCUT2D eigenvalue weighted by Crippen LogP contribution is 2.18. The van der Waals surface area contributed by atoms with Crippen LogP contribution < -0.4 is 10.1 Å². The summed E-state index contributed by atoms with van der Waals surface area (Å²) in [6.07, 6.45) is -0.704. The third-order valence-electron chi connectivity index (χ3n) is 1.55. The van der Waals surface area contributed by atoms with Gasteiger partial charge in [0.1, 0.15) is 0 Å². The van der Waals surface area contributed by atoms with Crippen LogP contribution in [0.5, 0.6) is 5.88 Å². The number of aromatic nitrogens is 2. The minimum Gasteiger partial charge on any atom is -0.450 e. The summed E-state index contributed by atoms with van der Waals surface area (Å²) < 4.78 is 33.6. The lowest BCUT2D eigenvalue weighted by molar-refractivity contribution is -0.0553. The largest absolute Gasteiger partial charge is 0.450 e. The van der Waals surface area contributed by atoms with Crippen LogP contribution in [0.3, 0.4) is 0 Å². The molecule has 6 nitrogen and oxygen atoms in total. The van der Waals surface area contributed by atoms with E-state index in [-0.39, 0.29) is 18.3 Å². The number of anilines is 1. The van der Waals surface area contributed by atoms with E-state index in [1.54, 1.807) is 6.92 Å². The van der Waals surface area contributed by atoms with Gasteiger partial charge in [-0.1, -0.05) is 0 Å². The van der Waals surface area contributed by atoms with Crippen LogP contribution in [-0.2, 0) is 11.8 Å². The van der Waals surface area contributed by atoms with Crippen molar-refractivity contribution >= 4 is 11.9 Å². The van der Waals surface area contributed by atoms with Gasteiger partial charge in [-0.3, -0.25) is 5.32 Å². The Balaban J connectivity index is 2.65. The second-order valence-electron chi connectivity index (χ2n) is 2.72. The molecule has 0 fully saturated rings. The summed E-state index contributed by atoms with van der Waals surface area (Å²) in [6, 6.07) is 1.17. The summed E-state index contributed by atoms with van der Waals surface area (Å²) in [6.45, 7) is -1.09. The molecule has 0 aliphatic rings. The van der Waals surface area contributed by atoms with Crippen molar-refractivity contribution in [3.63, 3.8) is 0 Å². The zero-order chi connectivity index (χ0) is 12.1. The van der Waals surface area contributed by atoms with E-state index in [1.807, 2.05) is 0 Å². The van der Waals surface area contributed by atoms with Gasteiger partial charge in [0.05, 0.1) is 6.61 Å². The monoisotopic (exact) mass is 235 g/mol. The average Bonchev–Trinajstić information content (AvgIpc) is 2.45. The summed E-state index contributed by atoms with van der Waals surface area (Å²) in [5.74, 6) is -0.0709. The predicted octanol–water partition coefficient (Wildman–Crippen LogP) is 1.59. The fourth-order valence-corrected chi connectivity index (χ4v) is 0.985. The van der Waals surface area contributed by atoms with Crippen LogP contribution in [-0.4, -0.2) is 29.1 Å². The number of nitrogens with one attached hydrogen (secondary N) is 1. The molecule has 90 valence electrons. The minimum absolute atomic E-state index is 0.0802. The average molecular weight is 235 g/mol. The molecule has 0 aromatic carbocycles. The second kappa shape index (κ2) is 5.29. The van der Waals surface area contributed by atoms with E-state index < -0.39 is 12.7 Å². The maximum Gasteiger partial charge on any atom is 0.412 e. The number of rotatable bonds is 4. The van der Waals surface area contributed by atoms with Crippen molar-refractivity contribution in [2.75, 3.05) is 11.9 Å². The highest BCUT2D eigenvalue weighted by atomic mass is 19.3. The molecule has 1 amide bonds. The Bertz CT molecular complexity index is 367. The Hall–Kier alpha value is -1.86. The Morgan fingerprint density at radius 1 is 1.69 bits per heavy atom. The molecule has 1 aromatic rings. The van der Waals surface area contributed by atoms with Crippen molar-refractivity contribution in [3.05, 3.63) is 6.07 Å². The van der Waals surface area contributed by atoms with Crippen LogP contribution in [0.25, 0.3) is 0 Å². The number of halogens is 2. The second-order valence-corrected chi connectivity index (χ2v) is 2.72. The maximum absolute atomic E-state index is 11.9. The number of nitrogens with zero attached hydrogens (tertiary/aromatic N) is 2. The molecule has 0 aliphatic carbocycles. The molecule has 1 rings (SSSR count). The van der Waals surface area contributed by atoms with Gasteiger partial charge in [-0.05, 0) is 6.92 Å². The number of ether oxygens (including phenoxy) is 2. The number of carbonyl (C=O) groups is 1. The first-order chi connectivity index (χ1) is 7.52. The molecule has 0 atom stereocenters. The molecular formula is C8H11F2N3O3. The molecule has 1 N–H and O–H groups in total. The van der Waals surface area contributed by atoms with Crippen LogP contribution in [0.15, 0.2) is 6.07 Å². The van der Waals surface area contributed by atoms with Gasteiger partial charge in [0.15, 0.2) is 5.82 Å². The van der Waals surface area contributed by atoms with E-state index in [0.29, 0.717) is 0 Å². The van der Waals surface area contributed by atoms with Crippen LogP contribution in [0, 0.1) is 0 Å². The first-order valence-corrected chi connectivity index (χ1v) is 4.45. The Labute approximate surface area is 90.1 Å². The zero-order valence-corrected chi connectivity index (χ0v) is 8.74. The Kier molecular flexibility index (Phi) is 4.03. The van der Waals surface area contributed by atoms with Gasteiger partial charge in [-0.25, -0.2) is 9.48 Å². The normalized spacial score (nSPS) is 10.3. The van der Waals surface area contributed by atoms with Gasteiger partial charge < -0.3 is 9.47 Å². The van der Waals surface area contributed by atoms with Gasteiger partial charge in [-0.15, -0.1) is 0 Å². The fraction of sp³-hybridized carbons (Fsp3) is 0.500. The van der Waals surface area contributed by atoms with Crippen LogP contribution in [0.2, 0.25) is 0 Å². The first kappa shape index (κ1) is 12.2. The van der Waals surface area contributed by atoms with E-state index in [0.717, 1.165) is 4.68 Å². The molecular weight excluding hydrogens is 224 g/mol. The lowest BCUT2D eigenvalue weighted by Crippen LogP contribution is -2.13. The number of hydrogen-bond donors (Lipinski definition) is 1. The smallest absolute Gasteiger partial charge is 0.412 e. The standard InChI is InChI=1S/C8H11F2N3O3/c1-3-15-8(14)11-5-4-6(13(2)12-5)16-7(9)10/h4,7H,3H2,1-2H3,(H,11,12,14). The molecule has 0 radical (unpaired) electrons. The highest BCUT2D eigenvalue weighted by Gasteiger charge is 2.12. The Morgan fingerprint density at radius 2 is 2.38 bits per heavy atom. The van der Waals surface area contributed by atoms with Crippen LogP contribution >= 0.6 is 0 Å². The maximum atomic E-state index is 11.9. The zero-order valence-electron chi connectivity index (χ0n) is 8.74.